The van der Waals surface area contributed by atoms with Crippen molar-refractivity contribution in [3.05, 3.63) is 0 Å². The van der Waals surface area contributed by atoms with Gasteiger partial charge in [-0.3, -0.25) is 9.59 Å². The largest absolute Gasteiger partial charge is 0.329 e. The maximum atomic E-state index is 12.6. The molecule has 98 valence electrons. The lowest BCUT2D eigenvalue weighted by atomic mass is 9.85. The van der Waals surface area contributed by atoms with Crippen LogP contribution in [0.25, 0.3) is 0 Å². The van der Waals surface area contributed by atoms with Crippen molar-refractivity contribution in [2.24, 2.45) is 5.92 Å². The lowest BCUT2D eigenvalue weighted by molar-refractivity contribution is -0.159. The summed E-state index contributed by atoms with van der Waals surface area (Å²) in [5.74, 6) is 1.09. The van der Waals surface area contributed by atoms with Gasteiger partial charge < -0.3 is 9.80 Å². The van der Waals surface area contributed by atoms with Crippen molar-refractivity contribution in [2.45, 2.75) is 63.1 Å². The molecule has 0 radical (unpaired) electrons. The molecule has 3 aliphatic heterocycles. The molecule has 0 N–H and O–H groups in total. The number of rotatable bonds is 0. The van der Waals surface area contributed by atoms with E-state index in [0.29, 0.717) is 12.0 Å². The quantitative estimate of drug-likeness (QED) is 0.645. The molecule has 0 spiro atoms. The molecule has 0 aromatic heterocycles. The van der Waals surface area contributed by atoms with Crippen molar-refractivity contribution in [1.82, 2.24) is 9.80 Å². The topological polar surface area (TPSA) is 40.6 Å². The van der Waals surface area contributed by atoms with E-state index < -0.39 is 0 Å². The molecule has 4 fully saturated rings. The van der Waals surface area contributed by atoms with Crippen LogP contribution in [-0.2, 0) is 9.59 Å². The molecule has 4 aliphatic rings. The van der Waals surface area contributed by atoms with Crippen LogP contribution in [0.2, 0.25) is 0 Å². The summed E-state index contributed by atoms with van der Waals surface area (Å²) in [6.07, 6.45) is 7.63. The van der Waals surface area contributed by atoms with E-state index in [9.17, 15) is 9.59 Å². The minimum atomic E-state index is -0.116. The summed E-state index contributed by atoms with van der Waals surface area (Å²) < 4.78 is 0. The van der Waals surface area contributed by atoms with Crippen LogP contribution < -0.4 is 0 Å². The number of hydrogen-bond donors (Lipinski definition) is 0. The van der Waals surface area contributed by atoms with Gasteiger partial charge in [-0.2, -0.15) is 0 Å². The second-order valence-corrected chi connectivity index (χ2v) is 6.30. The molecule has 0 unspecified atom stereocenters. The van der Waals surface area contributed by atoms with Crippen molar-refractivity contribution in [2.75, 3.05) is 6.54 Å². The molecule has 0 aromatic rings. The van der Waals surface area contributed by atoms with Gasteiger partial charge in [0.05, 0.1) is 0 Å². The van der Waals surface area contributed by atoms with Crippen LogP contribution in [0.3, 0.4) is 0 Å². The van der Waals surface area contributed by atoms with Gasteiger partial charge in [-0.25, -0.2) is 0 Å². The minimum absolute atomic E-state index is 0.111. The van der Waals surface area contributed by atoms with Crippen molar-refractivity contribution < 1.29 is 9.59 Å². The molecule has 2 amide bonds. The van der Waals surface area contributed by atoms with Gasteiger partial charge in [-0.15, -0.1) is 0 Å². The van der Waals surface area contributed by atoms with Crippen LogP contribution in [0, 0.1) is 5.92 Å². The Morgan fingerprint density at radius 1 is 0.889 bits per heavy atom. The van der Waals surface area contributed by atoms with Gasteiger partial charge in [-0.05, 0) is 38.0 Å². The average Bonchev–Trinajstić information content (AvgIpc) is 3.00. The zero-order chi connectivity index (χ0) is 12.3. The molecule has 3 heterocycles. The van der Waals surface area contributed by atoms with Gasteiger partial charge in [0, 0.05) is 12.6 Å². The summed E-state index contributed by atoms with van der Waals surface area (Å²) in [5, 5.41) is 0. The number of amides is 2. The highest BCUT2D eigenvalue weighted by atomic mass is 16.2. The first-order valence-corrected chi connectivity index (χ1v) is 7.40. The predicted molar refractivity (Wildman–Crippen MR) is 65.7 cm³/mol. The molecule has 4 atom stereocenters. The van der Waals surface area contributed by atoms with Crippen LogP contribution >= 0.6 is 0 Å². The van der Waals surface area contributed by atoms with E-state index in [2.05, 4.69) is 0 Å². The third-order valence-electron chi connectivity index (χ3n) is 5.45. The fraction of sp³-hybridized carbons (Fsp3) is 0.857. The van der Waals surface area contributed by atoms with Gasteiger partial charge in [0.15, 0.2) is 0 Å². The standard InChI is InChI=1S/C14H20N2O2/c17-13-12-8-9-4-1-2-5-10(9)16(12)14(18)11-6-3-7-15(11)13/h9-12H,1-8H2/t9-,10-,11-,12-/m0/s1. The summed E-state index contributed by atoms with van der Waals surface area (Å²) in [6, 6.07) is 0.150. The number of fused-ring (bicyclic) bond motifs is 4. The van der Waals surface area contributed by atoms with Crippen LogP contribution in [0.4, 0.5) is 0 Å². The van der Waals surface area contributed by atoms with Crippen molar-refractivity contribution in [3.63, 3.8) is 0 Å². The third-order valence-corrected chi connectivity index (χ3v) is 5.45. The molecule has 0 bridgehead atoms. The zero-order valence-electron chi connectivity index (χ0n) is 10.7. The Hall–Kier alpha value is -1.06. The molecule has 3 saturated heterocycles. The lowest BCUT2D eigenvalue weighted by Gasteiger charge is -2.42. The van der Waals surface area contributed by atoms with Crippen molar-refractivity contribution >= 4 is 11.8 Å². The Balaban J connectivity index is 1.69. The van der Waals surface area contributed by atoms with Crippen LogP contribution in [0.1, 0.15) is 44.9 Å². The third kappa shape index (κ3) is 1.26. The Kier molecular flexibility index (Phi) is 2.24. The Morgan fingerprint density at radius 2 is 1.72 bits per heavy atom. The number of hydrogen-bond acceptors (Lipinski definition) is 2. The summed E-state index contributed by atoms with van der Waals surface area (Å²) in [5.41, 5.74) is 0. The van der Waals surface area contributed by atoms with Gasteiger partial charge in [0.2, 0.25) is 11.8 Å². The molecule has 4 rings (SSSR count). The molecule has 1 aliphatic carbocycles. The average molecular weight is 248 g/mol. The summed E-state index contributed by atoms with van der Waals surface area (Å²) in [4.78, 5) is 29.0. The first kappa shape index (κ1) is 10.8. The van der Waals surface area contributed by atoms with Gasteiger partial charge in [0.1, 0.15) is 12.1 Å². The van der Waals surface area contributed by atoms with E-state index in [0.717, 1.165) is 32.2 Å². The summed E-state index contributed by atoms with van der Waals surface area (Å²) >= 11 is 0. The first-order chi connectivity index (χ1) is 8.77. The normalized spacial score (nSPS) is 42.9. The molecular formula is C14H20N2O2. The lowest BCUT2D eigenvalue weighted by Crippen LogP contribution is -2.62. The maximum Gasteiger partial charge on any atom is 0.246 e. The highest BCUT2D eigenvalue weighted by Crippen LogP contribution is 2.43. The first-order valence-electron chi connectivity index (χ1n) is 7.40. The minimum Gasteiger partial charge on any atom is -0.329 e. The SMILES string of the molecule is O=C1[C@@H]2C[C@@H]3CCCC[C@@H]3N2C(=O)[C@@H]2CCCN12. The molecule has 4 nitrogen and oxygen atoms in total. The Labute approximate surface area is 107 Å². The maximum absolute atomic E-state index is 12.6. The fourth-order valence-electron chi connectivity index (χ4n) is 4.65. The van der Waals surface area contributed by atoms with E-state index >= 15 is 0 Å². The number of carbonyl (C=O) groups is 2. The summed E-state index contributed by atoms with van der Waals surface area (Å²) in [6.45, 7) is 0.801. The molecule has 4 heteroatoms. The number of nitrogens with zero attached hydrogens (tertiary/aromatic N) is 2. The van der Waals surface area contributed by atoms with E-state index in [1.807, 2.05) is 9.80 Å². The Bertz CT molecular complexity index is 409. The molecule has 1 saturated carbocycles. The smallest absolute Gasteiger partial charge is 0.246 e. The van der Waals surface area contributed by atoms with E-state index in [1.54, 1.807) is 0 Å². The van der Waals surface area contributed by atoms with Gasteiger partial charge in [-0.1, -0.05) is 12.8 Å². The highest BCUT2D eigenvalue weighted by Gasteiger charge is 2.55. The number of carbonyl (C=O) groups excluding carboxylic acids is 2. The predicted octanol–water partition coefficient (Wildman–Crippen LogP) is 1.15. The highest BCUT2D eigenvalue weighted by molar-refractivity contribution is 5.98. The van der Waals surface area contributed by atoms with Gasteiger partial charge >= 0.3 is 0 Å². The van der Waals surface area contributed by atoms with E-state index in [1.165, 1.54) is 19.3 Å². The zero-order valence-corrected chi connectivity index (χ0v) is 10.7. The van der Waals surface area contributed by atoms with Gasteiger partial charge in [0.25, 0.3) is 0 Å². The Morgan fingerprint density at radius 3 is 2.61 bits per heavy atom. The fourth-order valence-corrected chi connectivity index (χ4v) is 4.65. The van der Waals surface area contributed by atoms with Crippen molar-refractivity contribution in [1.29, 1.82) is 0 Å². The summed E-state index contributed by atoms with van der Waals surface area (Å²) in [7, 11) is 0. The number of piperazine rings is 1. The van der Waals surface area contributed by atoms with Crippen molar-refractivity contribution in [3.8, 4) is 0 Å². The molecule has 18 heavy (non-hydrogen) atoms. The van der Waals surface area contributed by atoms with Crippen LogP contribution in [0.5, 0.6) is 0 Å². The van der Waals surface area contributed by atoms with E-state index in [-0.39, 0.29) is 23.9 Å². The second kappa shape index (κ2) is 3.72. The molecular weight excluding hydrogens is 228 g/mol. The van der Waals surface area contributed by atoms with E-state index in [4.69, 9.17) is 0 Å². The van der Waals surface area contributed by atoms with Crippen LogP contribution in [0.15, 0.2) is 0 Å². The second-order valence-electron chi connectivity index (χ2n) is 6.30. The molecule has 0 aromatic carbocycles. The van der Waals surface area contributed by atoms with Crippen LogP contribution in [-0.4, -0.2) is 46.3 Å². The monoisotopic (exact) mass is 248 g/mol.